The average Bonchev–Trinajstić information content (AvgIpc) is 2.75. The Kier molecular flexibility index (Phi) is 3.05. The molecule has 2 N–H and O–H groups in total. The van der Waals surface area contributed by atoms with E-state index in [-0.39, 0.29) is 11.9 Å². The predicted molar refractivity (Wildman–Crippen MR) is 59.3 cm³/mol. The summed E-state index contributed by atoms with van der Waals surface area (Å²) in [6, 6.07) is 1.77. The smallest absolute Gasteiger partial charge is 0.257 e. The molecule has 0 spiro atoms. The molecule has 2 heterocycles. The number of methoxy groups -OCH3 is 1. The molecule has 0 radical (unpaired) electrons. The normalized spacial score (nSPS) is 19.9. The molecule has 1 aliphatic heterocycles. The van der Waals surface area contributed by atoms with Crippen LogP contribution in [0.2, 0.25) is 0 Å². The molecule has 1 atom stereocenters. The highest BCUT2D eigenvalue weighted by Crippen LogP contribution is 2.20. The van der Waals surface area contributed by atoms with Gasteiger partial charge in [-0.25, -0.2) is 0 Å². The van der Waals surface area contributed by atoms with Gasteiger partial charge in [-0.2, -0.15) is 0 Å². The third-order valence-corrected chi connectivity index (χ3v) is 2.75. The second-order valence-corrected chi connectivity index (χ2v) is 3.88. The summed E-state index contributed by atoms with van der Waals surface area (Å²) in [7, 11) is 1.53. The number of amides is 1. The van der Waals surface area contributed by atoms with Crippen molar-refractivity contribution >= 4 is 5.91 Å². The van der Waals surface area contributed by atoms with Gasteiger partial charge in [0.1, 0.15) is 5.75 Å². The minimum Gasteiger partial charge on any atom is -0.494 e. The molecule has 1 aromatic heterocycles. The van der Waals surface area contributed by atoms with Crippen LogP contribution in [-0.2, 0) is 0 Å². The summed E-state index contributed by atoms with van der Waals surface area (Å²) >= 11 is 0. The Morgan fingerprint density at radius 3 is 3.12 bits per heavy atom. The van der Waals surface area contributed by atoms with Crippen molar-refractivity contribution in [3.63, 3.8) is 0 Å². The Bertz CT molecular complexity index is 395. The lowest BCUT2D eigenvalue weighted by molar-refractivity contribution is 0.0787. The first kappa shape index (κ1) is 10.9. The molecular formula is C11H15N3O2. The molecule has 0 saturated carbocycles. The maximum atomic E-state index is 12.1. The molecule has 1 aliphatic rings. The molecule has 5 heteroatoms. The number of pyridine rings is 1. The largest absolute Gasteiger partial charge is 0.494 e. The standard InChI is InChI=1S/C11H15N3O2/c1-16-10-6-13-4-2-9(10)11(15)14-5-3-8(12)7-14/h2,4,6,8H,3,5,7,12H2,1H3. The van der Waals surface area contributed by atoms with E-state index < -0.39 is 0 Å². The number of carbonyl (C=O) groups excluding carboxylic acids is 1. The number of rotatable bonds is 2. The minimum absolute atomic E-state index is 0.0350. The Balaban J connectivity index is 2.20. The Morgan fingerprint density at radius 1 is 1.69 bits per heavy atom. The van der Waals surface area contributed by atoms with Gasteiger partial charge in [0.05, 0.1) is 18.9 Å². The number of aromatic nitrogens is 1. The maximum Gasteiger partial charge on any atom is 0.257 e. The molecule has 1 saturated heterocycles. The lowest BCUT2D eigenvalue weighted by atomic mass is 10.2. The lowest BCUT2D eigenvalue weighted by Crippen LogP contribution is -2.32. The summed E-state index contributed by atoms with van der Waals surface area (Å²) in [5.74, 6) is 0.472. The maximum absolute atomic E-state index is 12.1. The zero-order chi connectivity index (χ0) is 11.5. The van der Waals surface area contributed by atoms with Crippen molar-refractivity contribution in [2.24, 2.45) is 5.73 Å². The number of likely N-dealkylation sites (tertiary alicyclic amines) is 1. The van der Waals surface area contributed by atoms with Crippen molar-refractivity contribution in [2.45, 2.75) is 12.5 Å². The fraction of sp³-hybridized carbons (Fsp3) is 0.455. The van der Waals surface area contributed by atoms with Gasteiger partial charge >= 0.3 is 0 Å². The van der Waals surface area contributed by atoms with Crippen LogP contribution in [0, 0.1) is 0 Å². The highest BCUT2D eigenvalue weighted by atomic mass is 16.5. The van der Waals surface area contributed by atoms with Gasteiger partial charge in [-0.05, 0) is 12.5 Å². The predicted octanol–water partition coefficient (Wildman–Crippen LogP) is 0.263. The van der Waals surface area contributed by atoms with Gasteiger partial charge < -0.3 is 15.4 Å². The van der Waals surface area contributed by atoms with E-state index in [9.17, 15) is 4.79 Å². The number of nitrogens with zero attached hydrogens (tertiary/aromatic N) is 2. The van der Waals surface area contributed by atoms with E-state index in [4.69, 9.17) is 10.5 Å². The topological polar surface area (TPSA) is 68.5 Å². The molecule has 0 aromatic carbocycles. The first-order valence-electron chi connectivity index (χ1n) is 5.25. The zero-order valence-corrected chi connectivity index (χ0v) is 9.22. The van der Waals surface area contributed by atoms with Gasteiger partial charge in [0.2, 0.25) is 0 Å². The van der Waals surface area contributed by atoms with Crippen LogP contribution in [0.25, 0.3) is 0 Å². The van der Waals surface area contributed by atoms with Crippen molar-refractivity contribution in [1.29, 1.82) is 0 Å². The molecule has 16 heavy (non-hydrogen) atoms. The molecule has 1 unspecified atom stereocenters. The lowest BCUT2D eigenvalue weighted by Gasteiger charge is -2.17. The molecular weight excluding hydrogens is 206 g/mol. The van der Waals surface area contributed by atoms with Crippen molar-refractivity contribution < 1.29 is 9.53 Å². The third kappa shape index (κ3) is 1.99. The number of ether oxygens (including phenoxy) is 1. The Morgan fingerprint density at radius 2 is 2.50 bits per heavy atom. The Hall–Kier alpha value is -1.62. The van der Waals surface area contributed by atoms with Crippen LogP contribution in [0.3, 0.4) is 0 Å². The van der Waals surface area contributed by atoms with E-state index in [1.165, 1.54) is 7.11 Å². The van der Waals surface area contributed by atoms with E-state index in [0.717, 1.165) is 6.42 Å². The monoisotopic (exact) mass is 221 g/mol. The molecule has 1 aromatic rings. The van der Waals surface area contributed by atoms with Gasteiger partial charge in [-0.1, -0.05) is 0 Å². The number of hydrogen-bond acceptors (Lipinski definition) is 4. The fourth-order valence-corrected chi connectivity index (χ4v) is 1.86. The molecule has 1 fully saturated rings. The summed E-state index contributed by atoms with van der Waals surface area (Å²) < 4.78 is 5.11. The van der Waals surface area contributed by atoms with Crippen LogP contribution in [0.5, 0.6) is 5.75 Å². The molecule has 0 aliphatic carbocycles. The number of hydrogen-bond donors (Lipinski definition) is 1. The van der Waals surface area contributed by atoms with Gasteiger partial charge in [-0.15, -0.1) is 0 Å². The molecule has 86 valence electrons. The summed E-state index contributed by atoms with van der Waals surface area (Å²) in [6.45, 7) is 1.33. The van der Waals surface area contributed by atoms with Crippen LogP contribution in [0.15, 0.2) is 18.5 Å². The highest BCUT2D eigenvalue weighted by molar-refractivity contribution is 5.96. The van der Waals surface area contributed by atoms with Crippen molar-refractivity contribution in [3.8, 4) is 5.75 Å². The van der Waals surface area contributed by atoms with Crippen molar-refractivity contribution in [2.75, 3.05) is 20.2 Å². The number of carbonyl (C=O) groups is 1. The molecule has 1 amide bonds. The fourth-order valence-electron chi connectivity index (χ4n) is 1.86. The minimum atomic E-state index is -0.0350. The van der Waals surface area contributed by atoms with Crippen molar-refractivity contribution in [3.05, 3.63) is 24.0 Å². The highest BCUT2D eigenvalue weighted by Gasteiger charge is 2.26. The summed E-state index contributed by atoms with van der Waals surface area (Å²) in [4.78, 5) is 17.8. The van der Waals surface area contributed by atoms with Gasteiger partial charge in [0.15, 0.2) is 0 Å². The van der Waals surface area contributed by atoms with Gasteiger partial charge in [0, 0.05) is 25.3 Å². The van der Waals surface area contributed by atoms with E-state index >= 15 is 0 Å². The van der Waals surface area contributed by atoms with E-state index in [1.807, 2.05) is 0 Å². The summed E-state index contributed by atoms with van der Waals surface area (Å²) in [6.07, 6.45) is 3.99. The zero-order valence-electron chi connectivity index (χ0n) is 9.22. The first-order valence-corrected chi connectivity index (χ1v) is 5.25. The summed E-state index contributed by atoms with van der Waals surface area (Å²) in [5, 5.41) is 0. The van der Waals surface area contributed by atoms with Crippen molar-refractivity contribution in [1.82, 2.24) is 9.88 Å². The average molecular weight is 221 g/mol. The quantitative estimate of drug-likeness (QED) is 0.778. The molecule has 0 bridgehead atoms. The SMILES string of the molecule is COc1cnccc1C(=O)N1CCC(N)C1. The molecule has 2 rings (SSSR count). The van der Waals surface area contributed by atoms with E-state index in [1.54, 1.807) is 23.4 Å². The van der Waals surface area contributed by atoms with Crippen LogP contribution >= 0.6 is 0 Å². The van der Waals surface area contributed by atoms with E-state index in [0.29, 0.717) is 24.4 Å². The number of nitrogens with two attached hydrogens (primary N) is 1. The second-order valence-electron chi connectivity index (χ2n) is 3.88. The van der Waals surface area contributed by atoms with Crippen LogP contribution in [-0.4, -0.2) is 42.0 Å². The second kappa shape index (κ2) is 4.49. The van der Waals surface area contributed by atoms with E-state index in [2.05, 4.69) is 4.98 Å². The van der Waals surface area contributed by atoms with Gasteiger partial charge in [0.25, 0.3) is 5.91 Å². The van der Waals surface area contributed by atoms with Crippen LogP contribution < -0.4 is 10.5 Å². The Labute approximate surface area is 94.2 Å². The third-order valence-electron chi connectivity index (χ3n) is 2.75. The summed E-state index contributed by atoms with van der Waals surface area (Å²) in [5.41, 5.74) is 6.32. The van der Waals surface area contributed by atoms with Crippen LogP contribution in [0.1, 0.15) is 16.8 Å². The van der Waals surface area contributed by atoms with Gasteiger partial charge in [-0.3, -0.25) is 9.78 Å². The first-order chi connectivity index (χ1) is 7.72. The molecule has 5 nitrogen and oxygen atoms in total. The van der Waals surface area contributed by atoms with Crippen LogP contribution in [0.4, 0.5) is 0 Å².